The number of ketones is 1. The molecule has 0 fully saturated rings. The lowest BCUT2D eigenvalue weighted by molar-refractivity contribution is -0.384. The van der Waals surface area contributed by atoms with E-state index in [9.17, 15) is 28.1 Å². The van der Waals surface area contributed by atoms with Gasteiger partial charge in [0.05, 0.1) is 9.82 Å². The Hall–Kier alpha value is -3.11. The van der Waals surface area contributed by atoms with Crippen LogP contribution in [-0.4, -0.2) is 38.1 Å². The number of rotatable bonds is 10. The summed E-state index contributed by atoms with van der Waals surface area (Å²) in [6.07, 6.45) is 0.0607. The fourth-order valence-electron chi connectivity index (χ4n) is 2.42. The van der Waals surface area contributed by atoms with Crippen LogP contribution in [0.25, 0.3) is 0 Å². The van der Waals surface area contributed by atoms with E-state index >= 15 is 0 Å². The van der Waals surface area contributed by atoms with Crippen molar-refractivity contribution in [3.8, 4) is 0 Å². The van der Waals surface area contributed by atoms with E-state index in [-0.39, 0.29) is 48.2 Å². The quantitative estimate of drug-likeness (QED) is 0.261. The van der Waals surface area contributed by atoms with E-state index in [0.717, 1.165) is 29.8 Å². The van der Waals surface area contributed by atoms with Gasteiger partial charge >= 0.3 is 0 Å². The number of nitrogens with one attached hydrogen (secondary N) is 2. The molecule has 0 bridgehead atoms. The first-order chi connectivity index (χ1) is 13.7. The smallest absolute Gasteiger partial charge is 0.269 e. The highest BCUT2D eigenvalue weighted by molar-refractivity contribution is 7.89. The second-order valence-electron chi connectivity index (χ2n) is 6.29. The van der Waals surface area contributed by atoms with Gasteiger partial charge in [-0.25, -0.2) is 13.1 Å². The van der Waals surface area contributed by atoms with Gasteiger partial charge in [-0.1, -0.05) is 29.8 Å². The maximum absolute atomic E-state index is 12.1. The van der Waals surface area contributed by atoms with Gasteiger partial charge in [-0.3, -0.25) is 19.7 Å². The Balaban J connectivity index is 1.73. The molecule has 0 atom stereocenters. The number of non-ortho nitro benzene ring substituents is 1. The molecule has 1 amide bonds. The predicted molar refractivity (Wildman–Crippen MR) is 106 cm³/mol. The number of nitro benzene ring substituents is 1. The van der Waals surface area contributed by atoms with Gasteiger partial charge in [0, 0.05) is 43.6 Å². The molecule has 29 heavy (non-hydrogen) atoms. The van der Waals surface area contributed by atoms with Crippen LogP contribution < -0.4 is 10.0 Å². The van der Waals surface area contributed by atoms with Crippen molar-refractivity contribution >= 4 is 27.4 Å². The van der Waals surface area contributed by atoms with Crippen molar-refractivity contribution in [3.63, 3.8) is 0 Å². The second-order valence-corrected chi connectivity index (χ2v) is 8.05. The van der Waals surface area contributed by atoms with Gasteiger partial charge in [0.2, 0.25) is 15.9 Å². The average Bonchev–Trinajstić information content (AvgIpc) is 2.70. The summed E-state index contributed by atoms with van der Waals surface area (Å²) in [7, 11) is -3.84. The molecule has 2 N–H and O–H groups in total. The number of benzene rings is 2. The molecule has 0 saturated heterocycles. The van der Waals surface area contributed by atoms with Gasteiger partial charge in [-0.2, -0.15) is 0 Å². The molecule has 2 aromatic rings. The number of aryl methyl sites for hydroxylation is 1. The molecule has 0 unspecified atom stereocenters. The van der Waals surface area contributed by atoms with Crippen molar-refractivity contribution in [1.82, 2.24) is 10.0 Å². The molecule has 2 aromatic carbocycles. The lowest BCUT2D eigenvalue weighted by Crippen LogP contribution is -2.34. The summed E-state index contributed by atoms with van der Waals surface area (Å²) in [5, 5.41) is 13.1. The normalized spacial score (nSPS) is 11.1. The zero-order valence-corrected chi connectivity index (χ0v) is 16.6. The van der Waals surface area contributed by atoms with Crippen LogP contribution in [-0.2, 0) is 14.8 Å². The Labute approximate surface area is 168 Å². The third-order valence-corrected chi connectivity index (χ3v) is 5.53. The van der Waals surface area contributed by atoms with Crippen molar-refractivity contribution < 1.29 is 22.9 Å². The molecule has 0 aromatic heterocycles. The number of amides is 1. The minimum Gasteiger partial charge on any atom is -0.355 e. The van der Waals surface area contributed by atoms with Gasteiger partial charge in [-0.05, 0) is 19.1 Å². The molecule has 0 aliphatic carbocycles. The average molecular weight is 419 g/mol. The fourth-order valence-corrected chi connectivity index (χ4v) is 3.45. The van der Waals surface area contributed by atoms with Crippen molar-refractivity contribution in [1.29, 1.82) is 0 Å². The number of hydrogen-bond donors (Lipinski definition) is 2. The number of hydrogen-bond acceptors (Lipinski definition) is 6. The topological polar surface area (TPSA) is 135 Å². The van der Waals surface area contributed by atoms with E-state index in [1.165, 1.54) is 0 Å². The zero-order valence-electron chi connectivity index (χ0n) is 15.8. The van der Waals surface area contributed by atoms with Gasteiger partial charge in [-0.15, -0.1) is 0 Å². The molecular weight excluding hydrogens is 398 g/mol. The Morgan fingerprint density at radius 2 is 1.59 bits per heavy atom. The Bertz CT molecular complexity index is 986. The highest BCUT2D eigenvalue weighted by Gasteiger charge is 2.15. The van der Waals surface area contributed by atoms with Crippen molar-refractivity contribution in [2.24, 2.45) is 0 Å². The Morgan fingerprint density at radius 1 is 0.966 bits per heavy atom. The van der Waals surface area contributed by atoms with Crippen LogP contribution in [0.5, 0.6) is 0 Å². The summed E-state index contributed by atoms with van der Waals surface area (Å²) >= 11 is 0. The van der Waals surface area contributed by atoms with Gasteiger partial charge in [0.15, 0.2) is 5.78 Å². The van der Waals surface area contributed by atoms with Crippen molar-refractivity contribution in [3.05, 3.63) is 69.8 Å². The molecule has 0 heterocycles. The number of carbonyl (C=O) groups is 2. The van der Waals surface area contributed by atoms with E-state index in [2.05, 4.69) is 10.0 Å². The minimum absolute atomic E-state index is 0.00180. The molecule has 0 saturated carbocycles. The van der Waals surface area contributed by atoms with E-state index in [1.807, 2.05) is 19.1 Å². The first-order valence-electron chi connectivity index (χ1n) is 8.80. The summed E-state index contributed by atoms with van der Waals surface area (Å²) in [5.41, 5.74) is 1.37. The monoisotopic (exact) mass is 419 g/mol. The summed E-state index contributed by atoms with van der Waals surface area (Å²) in [4.78, 5) is 33.7. The van der Waals surface area contributed by atoms with Crippen LogP contribution >= 0.6 is 0 Å². The Kier molecular flexibility index (Phi) is 7.57. The summed E-state index contributed by atoms with van der Waals surface area (Å²) in [6, 6.07) is 11.5. The molecule has 10 heteroatoms. The van der Waals surface area contributed by atoms with Crippen molar-refractivity contribution in [2.45, 2.75) is 24.7 Å². The van der Waals surface area contributed by atoms with Crippen LogP contribution in [0.3, 0.4) is 0 Å². The highest BCUT2D eigenvalue weighted by Crippen LogP contribution is 2.15. The zero-order chi connectivity index (χ0) is 21.4. The van der Waals surface area contributed by atoms with E-state index in [1.54, 1.807) is 12.1 Å². The number of sulfonamides is 1. The van der Waals surface area contributed by atoms with Crippen LogP contribution in [0.4, 0.5) is 5.69 Å². The van der Waals surface area contributed by atoms with Crippen LogP contribution in [0.2, 0.25) is 0 Å². The number of Topliss-reactive ketones (excluding diaryl/α,β-unsaturated/α-hetero) is 1. The molecule has 0 aliphatic rings. The van der Waals surface area contributed by atoms with Crippen molar-refractivity contribution in [2.75, 3.05) is 13.1 Å². The highest BCUT2D eigenvalue weighted by atomic mass is 32.2. The van der Waals surface area contributed by atoms with Gasteiger partial charge in [0.25, 0.3) is 5.69 Å². The van der Waals surface area contributed by atoms with Gasteiger partial charge < -0.3 is 5.32 Å². The second kappa shape index (κ2) is 9.89. The molecule has 0 aliphatic heterocycles. The standard InChI is InChI=1S/C19H21N3O6S/c1-14-2-4-15(5-3-14)18(23)10-11-19(24)20-12-13-21-29(27,28)17-8-6-16(7-9-17)22(25)26/h2-9,21H,10-13H2,1H3,(H,20,24). The maximum atomic E-state index is 12.1. The summed E-state index contributed by atoms with van der Waals surface area (Å²) in [6.45, 7) is 1.90. The Morgan fingerprint density at radius 3 is 2.17 bits per heavy atom. The molecule has 9 nitrogen and oxygen atoms in total. The minimum atomic E-state index is -3.84. The number of nitrogens with zero attached hydrogens (tertiary/aromatic N) is 1. The van der Waals surface area contributed by atoms with Crippen LogP contribution in [0.15, 0.2) is 53.4 Å². The number of nitro groups is 1. The van der Waals surface area contributed by atoms with E-state index in [4.69, 9.17) is 0 Å². The number of carbonyl (C=O) groups excluding carboxylic acids is 2. The van der Waals surface area contributed by atoms with Gasteiger partial charge in [0.1, 0.15) is 0 Å². The predicted octanol–water partition coefficient (Wildman–Crippen LogP) is 1.96. The lowest BCUT2D eigenvalue weighted by atomic mass is 10.1. The van der Waals surface area contributed by atoms with E-state index < -0.39 is 14.9 Å². The largest absolute Gasteiger partial charge is 0.355 e. The summed E-state index contributed by atoms with van der Waals surface area (Å²) in [5.74, 6) is -0.501. The third-order valence-electron chi connectivity index (χ3n) is 4.05. The van der Waals surface area contributed by atoms with E-state index in [0.29, 0.717) is 5.56 Å². The molecule has 2 rings (SSSR count). The van der Waals surface area contributed by atoms with Crippen LogP contribution in [0.1, 0.15) is 28.8 Å². The molecule has 0 radical (unpaired) electrons. The maximum Gasteiger partial charge on any atom is 0.269 e. The van der Waals surface area contributed by atoms with Crippen LogP contribution in [0, 0.1) is 17.0 Å². The molecule has 154 valence electrons. The summed E-state index contributed by atoms with van der Waals surface area (Å²) < 4.78 is 26.5. The molecule has 0 spiro atoms. The lowest BCUT2D eigenvalue weighted by Gasteiger charge is -2.08. The first kappa shape index (κ1) is 22.2. The SMILES string of the molecule is Cc1ccc(C(=O)CCC(=O)NCCNS(=O)(=O)c2ccc([N+](=O)[O-])cc2)cc1. The third kappa shape index (κ3) is 6.77. The fraction of sp³-hybridized carbons (Fsp3) is 0.263. The first-order valence-corrected chi connectivity index (χ1v) is 10.3. The molecular formula is C19H21N3O6S.